The van der Waals surface area contributed by atoms with Crippen LogP contribution in [0.5, 0.6) is 0 Å². The normalized spacial score (nSPS) is 10.2. The molecule has 2 aromatic rings. The van der Waals surface area contributed by atoms with Gasteiger partial charge in [-0.3, -0.25) is 4.79 Å². The summed E-state index contributed by atoms with van der Waals surface area (Å²) in [6.07, 6.45) is 0. The van der Waals surface area contributed by atoms with E-state index in [0.717, 1.165) is 10.7 Å². The number of rotatable bonds is 3. The largest absolute Gasteiger partial charge is 0.307 e. The van der Waals surface area contributed by atoms with Crippen LogP contribution in [0.4, 0.5) is 5.69 Å². The molecule has 3 nitrogen and oxygen atoms in total. The maximum atomic E-state index is 12.3. The highest BCUT2D eigenvalue weighted by Crippen LogP contribution is 2.17. The fourth-order valence-corrected chi connectivity index (χ4v) is 2.24. The molecule has 0 bridgehead atoms. The zero-order chi connectivity index (χ0) is 12.3. The minimum absolute atomic E-state index is 0.0388. The van der Waals surface area contributed by atoms with Gasteiger partial charge in [0.05, 0.1) is 5.01 Å². The summed E-state index contributed by atoms with van der Waals surface area (Å²) < 4.78 is 0. The first-order valence-corrected chi connectivity index (χ1v) is 6.39. The van der Waals surface area contributed by atoms with Gasteiger partial charge >= 0.3 is 0 Å². The molecule has 1 heterocycles. The van der Waals surface area contributed by atoms with Crippen LogP contribution in [0.3, 0.4) is 0 Å². The molecule has 0 unspecified atom stereocenters. The van der Waals surface area contributed by atoms with Crippen molar-refractivity contribution in [3.63, 3.8) is 0 Å². The summed E-state index contributed by atoms with van der Waals surface area (Å²) in [5, 5.41) is 2.72. The Morgan fingerprint density at radius 2 is 2.06 bits per heavy atom. The van der Waals surface area contributed by atoms with Crippen LogP contribution in [0, 0.1) is 6.92 Å². The minimum Gasteiger partial charge on any atom is -0.307 e. The number of aromatic nitrogens is 1. The van der Waals surface area contributed by atoms with E-state index in [1.54, 1.807) is 4.90 Å². The summed E-state index contributed by atoms with van der Waals surface area (Å²) >= 11 is 1.50. The topological polar surface area (TPSA) is 33.2 Å². The molecule has 0 N–H and O–H groups in total. The molecule has 0 radical (unpaired) electrons. The molecule has 88 valence electrons. The van der Waals surface area contributed by atoms with Crippen molar-refractivity contribution in [1.82, 2.24) is 4.98 Å². The van der Waals surface area contributed by atoms with E-state index in [4.69, 9.17) is 0 Å². The predicted octanol–water partition coefficient (Wildman–Crippen LogP) is 3.12. The molecule has 2 rings (SSSR count). The molecule has 0 aliphatic rings. The molecule has 0 fully saturated rings. The fraction of sp³-hybridized carbons (Fsp3) is 0.231. The number of thiazole rings is 1. The van der Waals surface area contributed by atoms with Crippen LogP contribution in [0.2, 0.25) is 0 Å². The third kappa shape index (κ3) is 2.53. The number of hydrogen-bond donors (Lipinski definition) is 0. The third-order valence-corrected chi connectivity index (χ3v) is 3.24. The van der Waals surface area contributed by atoms with Gasteiger partial charge in [-0.05, 0) is 26.0 Å². The number of carbonyl (C=O) groups excluding carboxylic acids is 1. The third-order valence-electron chi connectivity index (χ3n) is 2.47. The van der Waals surface area contributed by atoms with Gasteiger partial charge in [-0.25, -0.2) is 4.98 Å². The van der Waals surface area contributed by atoms with Crippen LogP contribution in [0.15, 0.2) is 35.7 Å². The van der Waals surface area contributed by atoms with E-state index < -0.39 is 0 Å². The number of anilines is 1. The van der Waals surface area contributed by atoms with Gasteiger partial charge in [0.1, 0.15) is 5.69 Å². The molecule has 0 saturated carbocycles. The Bertz CT molecular complexity index is 507. The summed E-state index contributed by atoms with van der Waals surface area (Å²) in [5.41, 5.74) is 1.43. The number of nitrogens with zero attached hydrogens (tertiary/aromatic N) is 2. The number of carbonyl (C=O) groups is 1. The average molecular weight is 246 g/mol. The van der Waals surface area contributed by atoms with Gasteiger partial charge in [-0.2, -0.15) is 0 Å². The summed E-state index contributed by atoms with van der Waals surface area (Å²) in [6, 6.07) is 9.66. The van der Waals surface area contributed by atoms with Crippen LogP contribution in [-0.2, 0) is 0 Å². The second-order valence-corrected chi connectivity index (χ2v) is 4.70. The number of aryl methyl sites for hydroxylation is 1. The van der Waals surface area contributed by atoms with Crippen LogP contribution in [0.25, 0.3) is 0 Å². The van der Waals surface area contributed by atoms with Gasteiger partial charge in [-0.1, -0.05) is 18.2 Å². The predicted molar refractivity (Wildman–Crippen MR) is 70.6 cm³/mol. The summed E-state index contributed by atoms with van der Waals surface area (Å²) in [4.78, 5) is 18.2. The number of hydrogen-bond acceptors (Lipinski definition) is 3. The second kappa shape index (κ2) is 5.10. The molecule has 1 amide bonds. The van der Waals surface area contributed by atoms with Crippen molar-refractivity contribution >= 4 is 22.9 Å². The Labute approximate surface area is 105 Å². The lowest BCUT2D eigenvalue weighted by molar-refractivity contribution is 0.0984. The Morgan fingerprint density at radius 1 is 1.35 bits per heavy atom. The van der Waals surface area contributed by atoms with Gasteiger partial charge in [0, 0.05) is 17.6 Å². The van der Waals surface area contributed by atoms with Crippen LogP contribution < -0.4 is 4.90 Å². The van der Waals surface area contributed by atoms with Crippen molar-refractivity contribution in [1.29, 1.82) is 0 Å². The molecular weight excluding hydrogens is 232 g/mol. The van der Waals surface area contributed by atoms with E-state index in [1.165, 1.54) is 11.3 Å². The molecule has 0 atom stereocenters. The number of para-hydroxylation sites is 1. The first-order valence-electron chi connectivity index (χ1n) is 5.51. The Kier molecular flexibility index (Phi) is 3.54. The molecule has 0 aliphatic heterocycles. The molecule has 1 aromatic carbocycles. The monoisotopic (exact) mass is 246 g/mol. The highest BCUT2D eigenvalue weighted by Gasteiger charge is 2.17. The summed E-state index contributed by atoms with van der Waals surface area (Å²) in [7, 11) is 0. The molecule has 4 heteroatoms. The van der Waals surface area contributed by atoms with Crippen molar-refractivity contribution in [3.05, 3.63) is 46.4 Å². The quantitative estimate of drug-likeness (QED) is 0.833. The smallest absolute Gasteiger partial charge is 0.277 e. The lowest BCUT2D eigenvalue weighted by Gasteiger charge is -2.19. The number of benzene rings is 1. The number of amides is 1. The Hall–Kier alpha value is -1.68. The summed E-state index contributed by atoms with van der Waals surface area (Å²) in [6.45, 7) is 4.50. The maximum absolute atomic E-state index is 12.3. The lowest BCUT2D eigenvalue weighted by Crippen LogP contribution is -2.30. The molecule has 0 saturated heterocycles. The van der Waals surface area contributed by atoms with Crippen molar-refractivity contribution in [2.45, 2.75) is 13.8 Å². The standard InChI is InChI=1S/C13H14N2OS/c1-3-15(11-7-5-4-6-8-11)13(16)12-9-17-10(2)14-12/h4-9H,3H2,1-2H3. The van der Waals surface area contributed by atoms with Gasteiger partial charge in [0.25, 0.3) is 5.91 Å². The SMILES string of the molecule is CCN(C(=O)c1csc(C)n1)c1ccccc1. The van der Waals surface area contributed by atoms with E-state index in [0.29, 0.717) is 12.2 Å². The van der Waals surface area contributed by atoms with Gasteiger partial charge in [0.2, 0.25) is 0 Å². The van der Waals surface area contributed by atoms with Crippen LogP contribution in [-0.4, -0.2) is 17.4 Å². The van der Waals surface area contributed by atoms with Crippen molar-refractivity contribution in [2.24, 2.45) is 0 Å². The van der Waals surface area contributed by atoms with Gasteiger partial charge in [-0.15, -0.1) is 11.3 Å². The first-order chi connectivity index (χ1) is 8.22. The van der Waals surface area contributed by atoms with E-state index in [2.05, 4.69) is 4.98 Å². The molecule has 1 aromatic heterocycles. The molecule has 0 aliphatic carbocycles. The van der Waals surface area contributed by atoms with Gasteiger partial charge in [0.15, 0.2) is 0 Å². The maximum Gasteiger partial charge on any atom is 0.277 e. The highest BCUT2D eigenvalue weighted by atomic mass is 32.1. The minimum atomic E-state index is -0.0388. The molecule has 17 heavy (non-hydrogen) atoms. The van der Waals surface area contributed by atoms with Crippen molar-refractivity contribution in [3.8, 4) is 0 Å². The highest BCUT2D eigenvalue weighted by molar-refractivity contribution is 7.09. The van der Waals surface area contributed by atoms with E-state index in [-0.39, 0.29) is 5.91 Å². The van der Waals surface area contributed by atoms with E-state index >= 15 is 0 Å². The first kappa shape index (κ1) is 11.8. The van der Waals surface area contributed by atoms with Crippen LogP contribution >= 0.6 is 11.3 Å². The van der Waals surface area contributed by atoms with Crippen molar-refractivity contribution in [2.75, 3.05) is 11.4 Å². The van der Waals surface area contributed by atoms with E-state index in [1.807, 2.05) is 49.6 Å². The fourth-order valence-electron chi connectivity index (χ4n) is 1.65. The van der Waals surface area contributed by atoms with Crippen LogP contribution in [0.1, 0.15) is 22.4 Å². The summed E-state index contributed by atoms with van der Waals surface area (Å²) in [5.74, 6) is -0.0388. The molecule has 0 spiro atoms. The lowest BCUT2D eigenvalue weighted by atomic mass is 10.2. The van der Waals surface area contributed by atoms with E-state index in [9.17, 15) is 4.79 Å². The molecular formula is C13H14N2OS. The van der Waals surface area contributed by atoms with Crippen molar-refractivity contribution < 1.29 is 4.79 Å². The zero-order valence-electron chi connectivity index (χ0n) is 9.88. The Morgan fingerprint density at radius 3 is 2.59 bits per heavy atom. The Balaban J connectivity index is 2.28. The second-order valence-electron chi connectivity index (χ2n) is 3.64. The van der Waals surface area contributed by atoms with Gasteiger partial charge < -0.3 is 4.90 Å². The zero-order valence-corrected chi connectivity index (χ0v) is 10.7. The average Bonchev–Trinajstić information content (AvgIpc) is 2.78.